The van der Waals surface area contributed by atoms with Gasteiger partial charge in [0.1, 0.15) is 10.4 Å². The molecule has 2 aromatic carbocycles. The van der Waals surface area contributed by atoms with Gasteiger partial charge in [0, 0.05) is 11.4 Å². The van der Waals surface area contributed by atoms with Gasteiger partial charge in [0.15, 0.2) is 0 Å². The summed E-state index contributed by atoms with van der Waals surface area (Å²) in [6, 6.07) is 13.4. The zero-order valence-electron chi connectivity index (χ0n) is 12.2. The number of alkyl halides is 2. The smallest absolute Gasteiger partial charge is 0.246 e. The Balaban J connectivity index is 2.15. The Morgan fingerprint density at radius 1 is 0.625 bits per heavy atom. The Hall–Kier alpha value is -1.48. The summed E-state index contributed by atoms with van der Waals surface area (Å²) in [5.74, 6) is 0. The fourth-order valence-corrected chi connectivity index (χ4v) is 3.30. The van der Waals surface area contributed by atoms with Gasteiger partial charge in [0.2, 0.25) is 20.0 Å². The van der Waals surface area contributed by atoms with Gasteiger partial charge in [-0.05, 0) is 35.4 Å². The van der Waals surface area contributed by atoms with Gasteiger partial charge in [0.05, 0.1) is 0 Å². The van der Waals surface area contributed by atoms with Crippen LogP contribution in [0.25, 0.3) is 11.1 Å². The molecule has 10 heteroatoms. The van der Waals surface area contributed by atoms with Crippen LogP contribution in [0.4, 0.5) is 11.4 Å². The number of benzene rings is 2. The molecule has 0 aliphatic heterocycles. The molecule has 24 heavy (non-hydrogen) atoms. The molecular formula is C14H14Cl2N2O4S2. The number of hydrogen-bond acceptors (Lipinski definition) is 4. The molecule has 2 N–H and O–H groups in total. The zero-order chi connectivity index (χ0) is 17.8. The Bertz CT molecular complexity index is 819. The summed E-state index contributed by atoms with van der Waals surface area (Å²) in [4.78, 5) is 0. The topological polar surface area (TPSA) is 92.3 Å². The summed E-state index contributed by atoms with van der Waals surface area (Å²) in [6.45, 7) is 0. The minimum atomic E-state index is -3.54. The van der Waals surface area contributed by atoms with Gasteiger partial charge in [0.25, 0.3) is 0 Å². The summed E-state index contributed by atoms with van der Waals surface area (Å²) in [5.41, 5.74) is 2.50. The van der Waals surface area contributed by atoms with E-state index in [1.165, 1.54) is 0 Å². The molecule has 0 saturated heterocycles. The van der Waals surface area contributed by atoms with Gasteiger partial charge >= 0.3 is 0 Å². The van der Waals surface area contributed by atoms with Crippen molar-refractivity contribution in [2.45, 2.75) is 0 Å². The number of anilines is 2. The first-order chi connectivity index (χ1) is 11.2. The lowest BCUT2D eigenvalue weighted by Gasteiger charge is -2.08. The lowest BCUT2D eigenvalue weighted by molar-refractivity contribution is 0.603. The van der Waals surface area contributed by atoms with E-state index in [2.05, 4.69) is 9.44 Å². The Morgan fingerprint density at radius 2 is 0.917 bits per heavy atom. The standard InChI is InChI=1S/C14H14Cl2N2O4S2/c15-9-23(19,20)17-13-5-1-11(2-6-13)12-3-7-14(8-4-12)18-24(21,22)10-16/h1-8,17-18H,9-10H2. The second-order valence-electron chi connectivity index (χ2n) is 4.81. The van der Waals surface area contributed by atoms with E-state index in [1.54, 1.807) is 48.5 Å². The quantitative estimate of drug-likeness (QED) is 0.687. The monoisotopic (exact) mass is 408 g/mol. The largest absolute Gasteiger partial charge is 0.283 e. The Morgan fingerprint density at radius 3 is 1.17 bits per heavy atom. The third-order valence-electron chi connectivity index (χ3n) is 2.94. The second-order valence-corrected chi connectivity index (χ2v) is 9.42. The van der Waals surface area contributed by atoms with Crippen molar-refractivity contribution in [2.24, 2.45) is 0 Å². The number of halogens is 2. The third kappa shape index (κ3) is 5.27. The van der Waals surface area contributed by atoms with E-state index in [0.29, 0.717) is 11.4 Å². The number of rotatable bonds is 7. The summed E-state index contributed by atoms with van der Waals surface area (Å²) in [5, 5.41) is -1.04. The van der Waals surface area contributed by atoms with Gasteiger partial charge in [-0.25, -0.2) is 16.8 Å². The highest BCUT2D eigenvalue weighted by Gasteiger charge is 2.09. The van der Waals surface area contributed by atoms with E-state index >= 15 is 0 Å². The fraction of sp³-hybridized carbons (Fsp3) is 0.143. The molecule has 0 bridgehead atoms. The first kappa shape index (κ1) is 18.9. The van der Waals surface area contributed by atoms with Crippen LogP contribution in [-0.4, -0.2) is 27.3 Å². The van der Waals surface area contributed by atoms with Crippen LogP contribution in [-0.2, 0) is 20.0 Å². The number of sulfonamides is 2. The van der Waals surface area contributed by atoms with Gasteiger partial charge in [-0.3, -0.25) is 9.44 Å². The lowest BCUT2D eigenvalue weighted by Crippen LogP contribution is -2.13. The SMILES string of the molecule is O=S(=O)(CCl)Nc1ccc(-c2ccc(NS(=O)(=O)CCl)cc2)cc1. The van der Waals surface area contributed by atoms with Crippen LogP contribution in [0, 0.1) is 0 Å². The van der Waals surface area contributed by atoms with Crippen LogP contribution in [0.5, 0.6) is 0 Å². The maximum absolute atomic E-state index is 11.4. The van der Waals surface area contributed by atoms with Gasteiger partial charge in [-0.1, -0.05) is 24.3 Å². The van der Waals surface area contributed by atoms with Crippen LogP contribution in [0.2, 0.25) is 0 Å². The first-order valence-corrected chi connectivity index (χ1v) is 11.0. The highest BCUT2D eigenvalue weighted by atomic mass is 35.5. The minimum Gasteiger partial charge on any atom is -0.283 e. The van der Waals surface area contributed by atoms with Crippen molar-refractivity contribution < 1.29 is 16.8 Å². The first-order valence-electron chi connectivity index (χ1n) is 6.58. The molecule has 0 atom stereocenters. The predicted octanol–water partition coefficient (Wildman–Crippen LogP) is 3.23. The van der Waals surface area contributed by atoms with Gasteiger partial charge in [-0.15, -0.1) is 23.2 Å². The molecule has 0 aliphatic rings. The van der Waals surface area contributed by atoms with E-state index in [4.69, 9.17) is 23.2 Å². The molecule has 0 saturated carbocycles. The molecule has 2 aromatic rings. The molecule has 130 valence electrons. The molecule has 6 nitrogen and oxygen atoms in total. The van der Waals surface area contributed by atoms with Crippen molar-refractivity contribution in [3.63, 3.8) is 0 Å². The molecule has 0 unspecified atom stereocenters. The van der Waals surface area contributed by atoms with Gasteiger partial charge < -0.3 is 0 Å². The van der Waals surface area contributed by atoms with Crippen molar-refractivity contribution in [3.8, 4) is 11.1 Å². The molecule has 0 aromatic heterocycles. The highest BCUT2D eigenvalue weighted by molar-refractivity contribution is 7.94. The van der Waals surface area contributed by atoms with Crippen molar-refractivity contribution in [2.75, 3.05) is 19.9 Å². The molecule has 0 spiro atoms. The average Bonchev–Trinajstić information content (AvgIpc) is 2.56. The van der Waals surface area contributed by atoms with Crippen molar-refractivity contribution in [1.82, 2.24) is 0 Å². The van der Waals surface area contributed by atoms with Crippen molar-refractivity contribution >= 4 is 54.6 Å². The number of nitrogens with one attached hydrogen (secondary N) is 2. The lowest BCUT2D eigenvalue weighted by atomic mass is 10.1. The Labute approximate surface area is 150 Å². The fourth-order valence-electron chi connectivity index (χ4n) is 1.88. The van der Waals surface area contributed by atoms with Gasteiger partial charge in [-0.2, -0.15) is 0 Å². The molecule has 0 amide bonds. The van der Waals surface area contributed by atoms with Crippen LogP contribution in [0.3, 0.4) is 0 Å². The summed E-state index contributed by atoms with van der Waals surface area (Å²) in [6.07, 6.45) is 0. The molecule has 0 fully saturated rings. The predicted molar refractivity (Wildman–Crippen MR) is 98.4 cm³/mol. The Kier molecular flexibility index (Phi) is 5.97. The highest BCUT2D eigenvalue weighted by Crippen LogP contribution is 2.24. The maximum atomic E-state index is 11.4. The molecule has 2 rings (SSSR count). The molecule has 0 heterocycles. The summed E-state index contributed by atoms with van der Waals surface area (Å²) >= 11 is 10.7. The molecule has 0 aliphatic carbocycles. The van der Waals surface area contributed by atoms with E-state index in [0.717, 1.165) is 11.1 Å². The van der Waals surface area contributed by atoms with E-state index in [1.807, 2.05) is 0 Å². The van der Waals surface area contributed by atoms with Crippen LogP contribution >= 0.6 is 23.2 Å². The van der Waals surface area contributed by atoms with E-state index < -0.39 is 30.5 Å². The molecular weight excluding hydrogens is 395 g/mol. The summed E-state index contributed by atoms with van der Waals surface area (Å²) in [7, 11) is -7.07. The molecule has 0 radical (unpaired) electrons. The van der Waals surface area contributed by atoms with Crippen molar-refractivity contribution in [3.05, 3.63) is 48.5 Å². The second kappa shape index (κ2) is 7.60. The normalized spacial score (nSPS) is 11.9. The third-order valence-corrected chi connectivity index (χ3v) is 6.33. The van der Waals surface area contributed by atoms with E-state index in [9.17, 15) is 16.8 Å². The summed E-state index contributed by atoms with van der Waals surface area (Å²) < 4.78 is 50.2. The average molecular weight is 409 g/mol. The van der Waals surface area contributed by atoms with Crippen LogP contribution < -0.4 is 9.44 Å². The zero-order valence-corrected chi connectivity index (χ0v) is 15.4. The van der Waals surface area contributed by atoms with Crippen molar-refractivity contribution in [1.29, 1.82) is 0 Å². The van der Waals surface area contributed by atoms with Crippen LogP contribution in [0.15, 0.2) is 48.5 Å². The number of hydrogen-bond donors (Lipinski definition) is 2. The van der Waals surface area contributed by atoms with Crippen LogP contribution in [0.1, 0.15) is 0 Å². The van der Waals surface area contributed by atoms with E-state index in [-0.39, 0.29) is 0 Å². The maximum Gasteiger partial charge on any atom is 0.246 e. The minimum absolute atomic E-state index is 0.408.